The third kappa shape index (κ3) is 3.65. The molecule has 6 N–H and O–H groups in total. The summed E-state index contributed by atoms with van der Waals surface area (Å²) in [5.74, 6) is 1.09. The molecule has 1 fully saturated rings. The first-order chi connectivity index (χ1) is 11.7. The van der Waals surface area contributed by atoms with E-state index in [2.05, 4.69) is 10.3 Å². The van der Waals surface area contributed by atoms with Crippen molar-refractivity contribution >= 4 is 34.3 Å². The predicted molar refractivity (Wildman–Crippen MR) is 99.1 cm³/mol. The summed E-state index contributed by atoms with van der Waals surface area (Å²) in [5, 5.41) is 11.7. The van der Waals surface area contributed by atoms with Crippen molar-refractivity contribution in [1.29, 1.82) is 5.41 Å². The average molecular weight is 325 g/mol. The molecule has 0 atom stereocenters. The molecule has 3 rings (SSSR count). The van der Waals surface area contributed by atoms with E-state index in [1.807, 2.05) is 24.3 Å². The first-order valence-electron chi connectivity index (χ1n) is 8.16. The van der Waals surface area contributed by atoms with E-state index in [4.69, 9.17) is 21.6 Å². The van der Waals surface area contributed by atoms with Gasteiger partial charge < -0.3 is 26.9 Å². The zero-order chi connectivity index (χ0) is 16.9. The summed E-state index contributed by atoms with van der Waals surface area (Å²) in [5.41, 5.74) is 15.1. The highest BCUT2D eigenvalue weighted by atomic mass is 16.5. The van der Waals surface area contributed by atoms with Gasteiger partial charge in [0.2, 0.25) is 0 Å². The molecule has 6 heteroatoms. The maximum atomic E-state index is 7.13. The molecule has 2 heterocycles. The van der Waals surface area contributed by atoms with Gasteiger partial charge >= 0.3 is 0 Å². The maximum Gasteiger partial charge on any atom is 0.126 e. The standard InChI is InChI=1S/C18H23N5O/c19-6-3-15(20)13-1-2-14-16(10-18(21)23-17(14)9-13)22-11-12-4-7-24-8-5-12/h1-3,6,9-10,12,19H,4-5,7-8,11,20H2,(H3,21,22,23)/b15-3-,19-6?. The number of nitrogen functional groups attached to an aromatic ring is 1. The number of pyridine rings is 1. The summed E-state index contributed by atoms with van der Waals surface area (Å²) in [4.78, 5) is 4.41. The van der Waals surface area contributed by atoms with Gasteiger partial charge in [0.25, 0.3) is 0 Å². The molecule has 0 bridgehead atoms. The molecule has 1 aliphatic heterocycles. The molecule has 1 aliphatic rings. The minimum atomic E-state index is 0.476. The zero-order valence-corrected chi connectivity index (χ0v) is 13.6. The highest BCUT2D eigenvalue weighted by Crippen LogP contribution is 2.27. The second kappa shape index (κ2) is 7.31. The van der Waals surface area contributed by atoms with E-state index in [0.717, 1.165) is 54.8 Å². The van der Waals surface area contributed by atoms with Crippen molar-refractivity contribution in [3.05, 3.63) is 35.9 Å². The molecule has 24 heavy (non-hydrogen) atoms. The summed E-state index contributed by atoms with van der Waals surface area (Å²) < 4.78 is 5.41. The zero-order valence-electron chi connectivity index (χ0n) is 13.6. The Morgan fingerprint density at radius 2 is 2.12 bits per heavy atom. The molecule has 0 radical (unpaired) electrons. The maximum absolute atomic E-state index is 7.13. The van der Waals surface area contributed by atoms with Crippen LogP contribution < -0.4 is 16.8 Å². The number of anilines is 2. The molecule has 1 aromatic carbocycles. The SMILES string of the molecule is N=C/C=C(\N)c1ccc2c(NCC3CCOCC3)cc(N)nc2c1. The topological polar surface area (TPSA) is 110 Å². The van der Waals surface area contributed by atoms with E-state index >= 15 is 0 Å². The Labute approximate surface area is 141 Å². The number of nitrogens with two attached hydrogens (primary N) is 2. The molecule has 1 aromatic heterocycles. The molecule has 1 saturated heterocycles. The number of rotatable bonds is 5. The normalized spacial score (nSPS) is 16.2. The molecule has 0 unspecified atom stereocenters. The van der Waals surface area contributed by atoms with Gasteiger partial charge in [0.15, 0.2) is 0 Å². The van der Waals surface area contributed by atoms with E-state index in [1.165, 1.54) is 6.21 Å². The van der Waals surface area contributed by atoms with E-state index in [-0.39, 0.29) is 0 Å². The van der Waals surface area contributed by atoms with Gasteiger partial charge in [-0.3, -0.25) is 0 Å². The fraction of sp³-hybridized carbons (Fsp3) is 0.333. The van der Waals surface area contributed by atoms with E-state index in [0.29, 0.717) is 17.4 Å². The summed E-state index contributed by atoms with van der Waals surface area (Å²) in [6.07, 6.45) is 4.89. The van der Waals surface area contributed by atoms with Crippen molar-refractivity contribution in [2.45, 2.75) is 12.8 Å². The summed E-state index contributed by atoms with van der Waals surface area (Å²) in [6, 6.07) is 7.71. The largest absolute Gasteiger partial charge is 0.398 e. The number of ether oxygens (including phenoxy) is 1. The van der Waals surface area contributed by atoms with Crippen LogP contribution in [0.1, 0.15) is 18.4 Å². The molecule has 0 amide bonds. The van der Waals surface area contributed by atoms with Crippen molar-refractivity contribution in [2.24, 2.45) is 11.7 Å². The van der Waals surface area contributed by atoms with Crippen LogP contribution in [-0.4, -0.2) is 31.0 Å². The number of fused-ring (bicyclic) bond motifs is 1. The monoisotopic (exact) mass is 325 g/mol. The lowest BCUT2D eigenvalue weighted by molar-refractivity contribution is 0.0699. The minimum Gasteiger partial charge on any atom is -0.398 e. The smallest absolute Gasteiger partial charge is 0.126 e. The van der Waals surface area contributed by atoms with Gasteiger partial charge in [0.05, 0.1) is 5.52 Å². The van der Waals surface area contributed by atoms with Crippen molar-refractivity contribution in [3.63, 3.8) is 0 Å². The van der Waals surface area contributed by atoms with E-state index in [9.17, 15) is 0 Å². The number of nitrogens with one attached hydrogen (secondary N) is 2. The molecule has 0 saturated carbocycles. The lowest BCUT2D eigenvalue weighted by Gasteiger charge is -2.23. The van der Waals surface area contributed by atoms with Crippen molar-refractivity contribution < 1.29 is 4.74 Å². The van der Waals surface area contributed by atoms with Gasteiger partial charge in [-0.2, -0.15) is 0 Å². The number of benzene rings is 1. The molecule has 0 spiro atoms. The molecule has 6 nitrogen and oxygen atoms in total. The van der Waals surface area contributed by atoms with Gasteiger partial charge in [-0.25, -0.2) is 4.98 Å². The van der Waals surface area contributed by atoms with Crippen molar-refractivity contribution in [1.82, 2.24) is 4.98 Å². The van der Waals surface area contributed by atoms with Crippen LogP contribution in [0.2, 0.25) is 0 Å². The van der Waals surface area contributed by atoms with E-state index in [1.54, 1.807) is 6.08 Å². The summed E-state index contributed by atoms with van der Waals surface area (Å²) >= 11 is 0. The van der Waals surface area contributed by atoms with Crippen LogP contribution >= 0.6 is 0 Å². The minimum absolute atomic E-state index is 0.476. The van der Waals surface area contributed by atoms with Crippen molar-refractivity contribution in [2.75, 3.05) is 30.8 Å². The Balaban J connectivity index is 1.87. The number of hydrogen-bond acceptors (Lipinski definition) is 6. The number of aromatic nitrogens is 1. The molecule has 2 aromatic rings. The van der Waals surface area contributed by atoms with Gasteiger partial charge in [-0.15, -0.1) is 0 Å². The number of nitrogens with zero attached hydrogens (tertiary/aromatic N) is 1. The Morgan fingerprint density at radius 1 is 1.33 bits per heavy atom. The summed E-state index contributed by atoms with van der Waals surface area (Å²) in [7, 11) is 0. The Bertz CT molecular complexity index is 765. The third-order valence-electron chi connectivity index (χ3n) is 4.35. The molecule has 0 aliphatic carbocycles. The summed E-state index contributed by atoms with van der Waals surface area (Å²) in [6.45, 7) is 2.58. The number of allylic oxidation sites excluding steroid dienone is 1. The average Bonchev–Trinajstić information content (AvgIpc) is 2.60. The second-order valence-corrected chi connectivity index (χ2v) is 6.05. The van der Waals surface area contributed by atoms with Gasteiger partial charge in [-0.05, 0) is 36.5 Å². The van der Waals surface area contributed by atoms with Crippen LogP contribution in [0.15, 0.2) is 30.3 Å². The van der Waals surface area contributed by atoms with Crippen LogP contribution in [0.4, 0.5) is 11.5 Å². The highest BCUT2D eigenvalue weighted by molar-refractivity contribution is 5.95. The van der Waals surface area contributed by atoms with Crippen LogP contribution in [0.25, 0.3) is 16.6 Å². The number of hydrogen-bond donors (Lipinski definition) is 4. The highest BCUT2D eigenvalue weighted by Gasteiger charge is 2.14. The second-order valence-electron chi connectivity index (χ2n) is 6.05. The van der Waals surface area contributed by atoms with E-state index < -0.39 is 0 Å². The van der Waals surface area contributed by atoms with Crippen LogP contribution in [0.5, 0.6) is 0 Å². The Kier molecular flexibility index (Phi) is 4.96. The molecule has 126 valence electrons. The lowest BCUT2D eigenvalue weighted by atomic mass is 10.00. The molecular formula is C18H23N5O. The van der Waals surface area contributed by atoms with Crippen molar-refractivity contribution in [3.8, 4) is 0 Å². The fourth-order valence-corrected chi connectivity index (χ4v) is 2.97. The van der Waals surface area contributed by atoms with Gasteiger partial charge in [0.1, 0.15) is 5.82 Å². The predicted octanol–water partition coefficient (Wildman–Crippen LogP) is 2.60. The van der Waals surface area contributed by atoms with Crippen LogP contribution in [0, 0.1) is 11.3 Å². The van der Waals surface area contributed by atoms with Crippen LogP contribution in [-0.2, 0) is 4.74 Å². The Hall–Kier alpha value is -2.60. The Morgan fingerprint density at radius 3 is 2.88 bits per heavy atom. The quantitative estimate of drug-likeness (QED) is 0.632. The van der Waals surface area contributed by atoms with Gasteiger partial charge in [-0.1, -0.05) is 12.1 Å². The van der Waals surface area contributed by atoms with Crippen LogP contribution in [0.3, 0.4) is 0 Å². The fourth-order valence-electron chi connectivity index (χ4n) is 2.97. The first kappa shape index (κ1) is 16.3. The molecular weight excluding hydrogens is 302 g/mol. The van der Waals surface area contributed by atoms with Gasteiger partial charge in [0, 0.05) is 48.8 Å². The third-order valence-corrected chi connectivity index (χ3v) is 4.35. The lowest BCUT2D eigenvalue weighted by Crippen LogP contribution is -2.22. The first-order valence-corrected chi connectivity index (χ1v) is 8.16.